The molecule has 6 heterocycles. The molecule has 19 nitrogen and oxygen atoms in total. The van der Waals surface area contributed by atoms with Gasteiger partial charge in [0.2, 0.25) is 0 Å². The van der Waals surface area contributed by atoms with Gasteiger partial charge in [0.05, 0.1) is 40.1 Å². The number of nitrogens with zero attached hydrogens (tertiary/aromatic N) is 6. The number of carbonyl (C=O) groups excluding carboxylic acids is 3. The molecule has 0 bridgehead atoms. The average molecular weight is 1320 g/mol. The molecular formula is C64H77Br2ClN12O7. The zero-order chi connectivity index (χ0) is 60.6. The molecule has 3 amide bonds. The average Bonchev–Trinajstić information content (AvgIpc) is 3.23. The normalized spacial score (nSPS) is 13.4. The van der Waals surface area contributed by atoms with Crippen LogP contribution >= 0.6 is 44.3 Å². The Morgan fingerprint density at radius 3 is 1.37 bits per heavy atom. The van der Waals surface area contributed by atoms with Crippen molar-refractivity contribution in [2.45, 2.75) is 131 Å². The third kappa shape index (κ3) is 17.2. The van der Waals surface area contributed by atoms with Crippen LogP contribution in [0.25, 0.3) is 22.1 Å². The van der Waals surface area contributed by atoms with Crippen molar-refractivity contribution in [3.05, 3.63) is 173 Å². The highest BCUT2D eigenvalue weighted by Gasteiger charge is 2.25. The van der Waals surface area contributed by atoms with Gasteiger partial charge in [-0.15, -0.1) is 12.4 Å². The Kier molecular flexibility index (Phi) is 24.6. The molecule has 0 atom stereocenters. The number of ether oxygens (including phenoxy) is 2. The molecule has 2 aliphatic heterocycles. The van der Waals surface area contributed by atoms with E-state index in [2.05, 4.69) is 102 Å². The van der Waals surface area contributed by atoms with Crippen LogP contribution in [0.2, 0.25) is 0 Å². The first-order valence-corrected chi connectivity index (χ1v) is 30.6. The molecule has 10 rings (SSSR count). The van der Waals surface area contributed by atoms with Crippen molar-refractivity contribution in [1.29, 1.82) is 0 Å². The third-order valence-corrected chi connectivity index (χ3v) is 15.8. The fourth-order valence-corrected chi connectivity index (χ4v) is 11.8. The highest BCUT2D eigenvalue weighted by atomic mass is 79.9. The number of hydrogen-bond acceptors (Lipinski definition) is 13. The molecule has 8 N–H and O–H groups in total. The van der Waals surface area contributed by atoms with Crippen molar-refractivity contribution in [3.8, 4) is 0 Å². The maximum absolute atomic E-state index is 13.3. The highest BCUT2D eigenvalue weighted by Crippen LogP contribution is 2.33. The van der Waals surface area contributed by atoms with Crippen LogP contribution in [0.1, 0.15) is 140 Å². The van der Waals surface area contributed by atoms with Crippen LogP contribution in [0.4, 0.5) is 11.4 Å². The number of aromatic carboxylic acids is 1. The molecular weight excluding hydrogens is 1240 g/mol. The van der Waals surface area contributed by atoms with Gasteiger partial charge in [0, 0.05) is 126 Å². The molecule has 0 unspecified atom stereocenters. The predicted octanol–water partition coefficient (Wildman–Crippen LogP) is 11.4. The quantitative estimate of drug-likeness (QED) is 0.0398. The summed E-state index contributed by atoms with van der Waals surface area (Å²) in [5, 5.41) is 36.6. The zero-order valence-electron chi connectivity index (χ0n) is 49.5. The van der Waals surface area contributed by atoms with Crippen LogP contribution in [0, 0.1) is 13.8 Å². The van der Waals surface area contributed by atoms with Crippen molar-refractivity contribution >= 4 is 101 Å². The number of amides is 3. The van der Waals surface area contributed by atoms with E-state index >= 15 is 0 Å². The fraction of sp³-hybridized carbons (Fsp3) is 0.375. The summed E-state index contributed by atoms with van der Waals surface area (Å²) >= 11 is 6.90. The third-order valence-electron chi connectivity index (χ3n) is 14.9. The standard InChI is InChI=1S/C32H37BrN6O3.C24H29N5O4.C8H10BrN.ClH/c1-4-28-26(29(37-25-9-11-42-12-10-25)27-19-36-39(5-2)30(27)38-28)18-35-32(41)23-8-6-7-22(16-23)31(40)34-17-21-13-20(3)14-24(33)15-21;1-3-20-18(13-25-23(30)15-6-5-7-16(12-15)24(31)32)21(27-17-8-10-33-11-9-17)19-14-26-29(4-2)22(19)28-20;1-6-2-7(5-10)4-8(9)3-6;/h6-8,13-16,19,25H,4-5,9-12,17-18H2,1-3H3,(H,34,40)(H,35,41)(H,37,38);5-7,12,14,17H,3-4,8-11,13H2,1-2H3,(H,25,30)(H,27,28)(H,31,32);2-4H,5,10H2,1H3;1H. The van der Waals surface area contributed by atoms with E-state index in [0.717, 1.165) is 121 Å². The first-order valence-electron chi connectivity index (χ1n) is 29.0. The van der Waals surface area contributed by atoms with Crippen molar-refractivity contribution in [1.82, 2.24) is 45.5 Å². The minimum absolute atomic E-state index is 0. The predicted molar refractivity (Wildman–Crippen MR) is 346 cm³/mol. The van der Waals surface area contributed by atoms with Crippen LogP contribution in [-0.2, 0) is 61.6 Å². The van der Waals surface area contributed by atoms with Crippen molar-refractivity contribution < 1.29 is 33.8 Å². The molecule has 456 valence electrons. The molecule has 8 aromatic rings. The Morgan fingerprint density at radius 1 is 0.581 bits per heavy atom. The smallest absolute Gasteiger partial charge is 0.335 e. The maximum Gasteiger partial charge on any atom is 0.335 e. The van der Waals surface area contributed by atoms with Gasteiger partial charge in [-0.25, -0.2) is 24.1 Å². The number of carbonyl (C=O) groups is 4. The van der Waals surface area contributed by atoms with Crippen molar-refractivity contribution in [2.75, 3.05) is 37.1 Å². The van der Waals surface area contributed by atoms with Crippen LogP contribution in [0.3, 0.4) is 0 Å². The first kappa shape index (κ1) is 66.3. The van der Waals surface area contributed by atoms with Gasteiger partial charge in [-0.3, -0.25) is 14.4 Å². The minimum atomic E-state index is -1.07. The van der Waals surface area contributed by atoms with E-state index in [4.69, 9.17) is 25.2 Å². The molecule has 2 aliphatic rings. The van der Waals surface area contributed by atoms with E-state index < -0.39 is 5.97 Å². The second kappa shape index (κ2) is 31.9. The van der Waals surface area contributed by atoms with Gasteiger partial charge in [-0.2, -0.15) is 10.2 Å². The lowest BCUT2D eigenvalue weighted by Gasteiger charge is -2.26. The van der Waals surface area contributed by atoms with Gasteiger partial charge in [0.25, 0.3) is 17.7 Å². The monoisotopic (exact) mass is 1320 g/mol. The summed E-state index contributed by atoms with van der Waals surface area (Å²) < 4.78 is 16.9. The molecule has 4 aromatic carbocycles. The van der Waals surface area contributed by atoms with E-state index in [1.54, 1.807) is 36.4 Å². The van der Waals surface area contributed by atoms with E-state index in [-0.39, 0.29) is 54.3 Å². The largest absolute Gasteiger partial charge is 0.478 e. The SMILES string of the molecule is CCc1nc2c(cnn2CC)c(NC2CCOCC2)c1CNC(=O)c1cccc(C(=O)NCc2cc(C)cc(Br)c2)c1.CCc1nc2c(cnn2CC)c(NC2CCOCC2)c1CNC(=O)c1cccc(C(=O)O)c1.Cc1cc(Br)cc(CN)c1.Cl. The van der Waals surface area contributed by atoms with Crippen LogP contribution in [0.5, 0.6) is 0 Å². The number of hydrogen-bond donors (Lipinski definition) is 7. The number of rotatable bonds is 19. The van der Waals surface area contributed by atoms with Crippen LogP contribution in [-0.4, -0.2) is 96.8 Å². The number of nitrogens with one attached hydrogen (secondary N) is 5. The summed E-state index contributed by atoms with van der Waals surface area (Å²) in [5.41, 5.74) is 18.5. The summed E-state index contributed by atoms with van der Waals surface area (Å²) in [5.74, 6) is -1.89. The van der Waals surface area contributed by atoms with E-state index in [1.165, 1.54) is 23.3 Å². The van der Waals surface area contributed by atoms with E-state index in [9.17, 15) is 24.3 Å². The Labute approximate surface area is 525 Å². The molecule has 0 saturated carbocycles. The Bertz CT molecular complexity index is 3620. The van der Waals surface area contributed by atoms with Gasteiger partial charge in [-0.1, -0.05) is 70.0 Å². The van der Waals surface area contributed by atoms with Gasteiger partial charge >= 0.3 is 5.97 Å². The van der Waals surface area contributed by atoms with Crippen LogP contribution < -0.4 is 32.3 Å². The maximum atomic E-state index is 13.3. The fourth-order valence-electron chi connectivity index (χ4n) is 10.5. The minimum Gasteiger partial charge on any atom is -0.478 e. The second-order valence-corrected chi connectivity index (χ2v) is 22.8. The number of nitrogens with two attached hydrogens (primary N) is 1. The lowest BCUT2D eigenvalue weighted by atomic mass is 10.0. The number of pyridine rings is 2. The topological polar surface area (TPSA) is 255 Å². The number of halogens is 3. The summed E-state index contributed by atoms with van der Waals surface area (Å²) in [7, 11) is 0. The summed E-state index contributed by atoms with van der Waals surface area (Å²) in [4.78, 5) is 60.2. The van der Waals surface area contributed by atoms with Crippen molar-refractivity contribution in [3.63, 3.8) is 0 Å². The number of aryl methyl sites for hydroxylation is 6. The second-order valence-electron chi connectivity index (χ2n) is 21.0. The Balaban J connectivity index is 0.000000213. The summed E-state index contributed by atoms with van der Waals surface area (Å²) in [6.07, 6.45) is 8.73. The van der Waals surface area contributed by atoms with Gasteiger partial charge in [0.1, 0.15) is 0 Å². The number of carboxylic acids is 1. The lowest BCUT2D eigenvalue weighted by Crippen LogP contribution is -2.30. The molecule has 2 fully saturated rings. The first-order chi connectivity index (χ1) is 41.1. The number of carboxylic acid groups (broad SMARTS) is 1. The molecule has 86 heavy (non-hydrogen) atoms. The van der Waals surface area contributed by atoms with E-state index in [1.807, 2.05) is 66.8 Å². The summed E-state index contributed by atoms with van der Waals surface area (Å²) in [6, 6.07) is 25.6. The zero-order valence-corrected chi connectivity index (χ0v) is 53.5. The van der Waals surface area contributed by atoms with Gasteiger partial charge < -0.3 is 46.9 Å². The Hall–Kier alpha value is -7.27. The molecule has 0 spiro atoms. The molecule has 0 aliphatic carbocycles. The Morgan fingerprint density at radius 2 is 0.977 bits per heavy atom. The number of benzene rings is 4. The number of anilines is 2. The molecule has 0 radical (unpaired) electrons. The van der Waals surface area contributed by atoms with Gasteiger partial charge in [-0.05, 0) is 149 Å². The van der Waals surface area contributed by atoms with E-state index in [0.29, 0.717) is 68.9 Å². The number of fused-ring (bicyclic) bond motifs is 2. The molecule has 22 heteroatoms. The molecule has 2 saturated heterocycles. The van der Waals surface area contributed by atoms with Crippen LogP contribution in [0.15, 0.2) is 106 Å². The molecule has 4 aromatic heterocycles. The van der Waals surface area contributed by atoms with Gasteiger partial charge in [0.15, 0.2) is 11.3 Å². The summed E-state index contributed by atoms with van der Waals surface area (Å²) in [6.45, 7) is 18.1. The number of aromatic nitrogens is 6. The highest BCUT2D eigenvalue weighted by molar-refractivity contribution is 9.10. The van der Waals surface area contributed by atoms with Crippen molar-refractivity contribution in [2.24, 2.45) is 5.73 Å². The lowest BCUT2D eigenvalue weighted by molar-refractivity contribution is 0.0696.